The van der Waals surface area contributed by atoms with Gasteiger partial charge in [-0.1, -0.05) is 24.3 Å². The van der Waals surface area contributed by atoms with Crippen molar-refractivity contribution in [1.82, 2.24) is 5.32 Å². The van der Waals surface area contributed by atoms with E-state index >= 15 is 0 Å². The summed E-state index contributed by atoms with van der Waals surface area (Å²) in [4.78, 5) is 3.99. The molecule has 3 heteroatoms. The van der Waals surface area contributed by atoms with Gasteiger partial charge >= 0.3 is 0 Å². The van der Waals surface area contributed by atoms with Crippen molar-refractivity contribution >= 4 is 17.0 Å². The molecule has 1 fully saturated rings. The highest BCUT2D eigenvalue weighted by Gasteiger charge is 2.15. The molecule has 1 N–H and O–H groups in total. The Bertz CT molecular complexity index is 544. The van der Waals surface area contributed by atoms with E-state index in [0.717, 1.165) is 13.0 Å². The Kier molecular flexibility index (Phi) is 4.94. The first kappa shape index (κ1) is 14.6. The van der Waals surface area contributed by atoms with Crippen molar-refractivity contribution in [2.75, 3.05) is 18.0 Å². The van der Waals surface area contributed by atoms with Gasteiger partial charge < -0.3 is 10.2 Å². The van der Waals surface area contributed by atoms with Gasteiger partial charge in [0.25, 0.3) is 0 Å². The topological polar surface area (TPSA) is 15.3 Å². The lowest BCUT2D eigenvalue weighted by molar-refractivity contribution is 0.548. The summed E-state index contributed by atoms with van der Waals surface area (Å²) in [6.45, 7) is 5.65. The number of nitrogens with one attached hydrogen (secondary N) is 1. The molecule has 112 valence electrons. The van der Waals surface area contributed by atoms with Crippen molar-refractivity contribution in [3.8, 4) is 0 Å². The number of hydrogen-bond acceptors (Lipinski definition) is 3. The van der Waals surface area contributed by atoms with E-state index in [4.69, 9.17) is 0 Å². The van der Waals surface area contributed by atoms with Gasteiger partial charge in [-0.15, -0.1) is 11.3 Å². The quantitative estimate of drug-likeness (QED) is 0.865. The molecule has 0 amide bonds. The summed E-state index contributed by atoms with van der Waals surface area (Å²) >= 11 is 1.85. The van der Waals surface area contributed by atoms with E-state index < -0.39 is 0 Å². The van der Waals surface area contributed by atoms with Crippen molar-refractivity contribution in [3.05, 3.63) is 52.2 Å². The fraction of sp³-hybridized carbons (Fsp3) is 0.444. The van der Waals surface area contributed by atoms with Crippen LogP contribution in [0, 0.1) is 0 Å². The second-order valence-electron chi connectivity index (χ2n) is 5.89. The molecule has 1 unspecified atom stereocenters. The largest absolute Gasteiger partial charge is 0.371 e. The van der Waals surface area contributed by atoms with Gasteiger partial charge in [0.15, 0.2) is 0 Å². The zero-order valence-electron chi connectivity index (χ0n) is 12.7. The Labute approximate surface area is 131 Å². The minimum Gasteiger partial charge on any atom is -0.371 e. The van der Waals surface area contributed by atoms with E-state index in [1.54, 1.807) is 0 Å². The highest BCUT2D eigenvalue weighted by atomic mass is 32.1. The van der Waals surface area contributed by atoms with E-state index in [1.165, 1.54) is 42.1 Å². The highest BCUT2D eigenvalue weighted by Crippen LogP contribution is 2.24. The summed E-state index contributed by atoms with van der Waals surface area (Å²) in [6.07, 6.45) is 3.77. The first-order chi connectivity index (χ1) is 10.3. The molecule has 1 aromatic carbocycles. The molecule has 3 rings (SSSR count). The van der Waals surface area contributed by atoms with Crippen molar-refractivity contribution in [3.63, 3.8) is 0 Å². The van der Waals surface area contributed by atoms with E-state index in [1.807, 2.05) is 11.3 Å². The second-order valence-corrected chi connectivity index (χ2v) is 6.92. The average molecular weight is 300 g/mol. The molecule has 1 aliphatic rings. The number of benzene rings is 1. The zero-order chi connectivity index (χ0) is 14.5. The monoisotopic (exact) mass is 300 g/mol. The summed E-state index contributed by atoms with van der Waals surface area (Å²) in [5, 5.41) is 5.84. The lowest BCUT2D eigenvalue weighted by Crippen LogP contribution is -2.28. The summed E-state index contributed by atoms with van der Waals surface area (Å²) in [6, 6.07) is 13.7. The minimum absolute atomic E-state index is 0.510. The minimum atomic E-state index is 0.510. The third-order valence-corrected chi connectivity index (χ3v) is 5.07. The van der Waals surface area contributed by atoms with Gasteiger partial charge in [-0.2, -0.15) is 0 Å². The van der Waals surface area contributed by atoms with Gasteiger partial charge in [0.1, 0.15) is 0 Å². The molecular weight excluding hydrogens is 276 g/mol. The predicted molar refractivity (Wildman–Crippen MR) is 92.2 cm³/mol. The Balaban J connectivity index is 1.59. The number of nitrogens with zero attached hydrogens (tertiary/aromatic N) is 1. The van der Waals surface area contributed by atoms with Crippen molar-refractivity contribution in [2.24, 2.45) is 0 Å². The first-order valence-electron chi connectivity index (χ1n) is 7.91. The molecule has 2 aromatic rings. The standard InChI is InChI=1S/C18H24N2S/c1-15(13-17-8-6-12-21-17)19-14-16-7-2-3-9-18(16)20-10-4-5-11-20/h2-3,6-9,12,15,19H,4-5,10-11,13-14H2,1H3. The molecule has 21 heavy (non-hydrogen) atoms. The molecule has 1 saturated heterocycles. The van der Waals surface area contributed by atoms with Gasteiger partial charge in [0.2, 0.25) is 0 Å². The summed E-state index contributed by atoms with van der Waals surface area (Å²) in [7, 11) is 0. The maximum atomic E-state index is 3.68. The Morgan fingerprint density at radius 3 is 2.71 bits per heavy atom. The molecule has 1 aromatic heterocycles. The van der Waals surface area contributed by atoms with Gasteiger partial charge in [-0.25, -0.2) is 0 Å². The van der Waals surface area contributed by atoms with Crippen LogP contribution in [0.5, 0.6) is 0 Å². The van der Waals surface area contributed by atoms with Crippen LogP contribution < -0.4 is 10.2 Å². The molecule has 2 heterocycles. The fourth-order valence-electron chi connectivity index (χ4n) is 3.01. The van der Waals surface area contributed by atoms with Crippen LogP contribution in [0.1, 0.15) is 30.2 Å². The molecule has 0 aliphatic carbocycles. The van der Waals surface area contributed by atoms with Gasteiger partial charge in [-0.05, 0) is 49.3 Å². The number of rotatable bonds is 6. The predicted octanol–water partition coefficient (Wildman–Crippen LogP) is 4.07. The van der Waals surface area contributed by atoms with Crippen LogP contribution in [0.3, 0.4) is 0 Å². The van der Waals surface area contributed by atoms with Crippen LogP contribution in [0.15, 0.2) is 41.8 Å². The maximum absolute atomic E-state index is 3.68. The van der Waals surface area contributed by atoms with Gasteiger partial charge in [0.05, 0.1) is 0 Å². The number of anilines is 1. The van der Waals surface area contributed by atoms with Crippen LogP contribution in [0.25, 0.3) is 0 Å². The number of thiophene rings is 1. The van der Waals surface area contributed by atoms with Crippen LogP contribution in [0.2, 0.25) is 0 Å². The third-order valence-electron chi connectivity index (χ3n) is 4.17. The number of hydrogen-bond donors (Lipinski definition) is 1. The lowest BCUT2D eigenvalue weighted by atomic mass is 10.1. The molecule has 0 saturated carbocycles. The maximum Gasteiger partial charge on any atom is 0.0411 e. The summed E-state index contributed by atoms with van der Waals surface area (Å²) in [5.41, 5.74) is 2.85. The SMILES string of the molecule is CC(Cc1cccs1)NCc1ccccc1N1CCCC1. The second kappa shape index (κ2) is 7.10. The Morgan fingerprint density at radius 1 is 1.14 bits per heavy atom. The van der Waals surface area contributed by atoms with Crippen molar-refractivity contribution in [1.29, 1.82) is 0 Å². The first-order valence-corrected chi connectivity index (χ1v) is 8.79. The van der Waals surface area contributed by atoms with E-state index in [2.05, 4.69) is 58.9 Å². The van der Waals surface area contributed by atoms with Crippen molar-refractivity contribution in [2.45, 2.75) is 38.8 Å². The summed E-state index contributed by atoms with van der Waals surface area (Å²) in [5.74, 6) is 0. The molecule has 0 spiro atoms. The molecule has 1 aliphatic heterocycles. The molecular formula is C18H24N2S. The Morgan fingerprint density at radius 2 is 1.95 bits per heavy atom. The van der Waals surface area contributed by atoms with Gasteiger partial charge in [-0.3, -0.25) is 0 Å². The summed E-state index contributed by atoms with van der Waals surface area (Å²) < 4.78 is 0. The highest BCUT2D eigenvalue weighted by molar-refractivity contribution is 7.09. The lowest BCUT2D eigenvalue weighted by Gasteiger charge is -2.22. The molecule has 1 atom stereocenters. The van der Waals surface area contributed by atoms with Crippen LogP contribution >= 0.6 is 11.3 Å². The van der Waals surface area contributed by atoms with Crippen molar-refractivity contribution < 1.29 is 0 Å². The zero-order valence-corrected chi connectivity index (χ0v) is 13.5. The van der Waals surface area contributed by atoms with E-state index in [0.29, 0.717) is 6.04 Å². The smallest absolute Gasteiger partial charge is 0.0411 e. The molecule has 2 nitrogen and oxygen atoms in total. The normalized spacial score (nSPS) is 16.3. The Hall–Kier alpha value is -1.32. The third kappa shape index (κ3) is 3.86. The van der Waals surface area contributed by atoms with Crippen LogP contribution in [-0.2, 0) is 13.0 Å². The van der Waals surface area contributed by atoms with Crippen LogP contribution in [0.4, 0.5) is 5.69 Å². The number of para-hydroxylation sites is 1. The van der Waals surface area contributed by atoms with E-state index in [9.17, 15) is 0 Å². The average Bonchev–Trinajstić information content (AvgIpc) is 3.18. The molecule has 0 radical (unpaired) electrons. The fourth-order valence-corrected chi connectivity index (χ4v) is 3.85. The van der Waals surface area contributed by atoms with Crippen LogP contribution in [-0.4, -0.2) is 19.1 Å². The molecule has 0 bridgehead atoms. The van der Waals surface area contributed by atoms with Gasteiger partial charge in [0, 0.05) is 36.2 Å². The van der Waals surface area contributed by atoms with E-state index in [-0.39, 0.29) is 0 Å².